The first-order valence-electron chi connectivity index (χ1n) is 2.23. The highest BCUT2D eigenvalue weighted by Crippen LogP contribution is 1.50. The third kappa shape index (κ3) is 5.24. The predicted octanol–water partition coefficient (Wildman–Crippen LogP) is -0.616. The Balaban J connectivity index is 2.92. The lowest BCUT2D eigenvalue weighted by Gasteiger charge is -1.81. The first-order valence-corrected chi connectivity index (χ1v) is 2.23. The van der Waals surface area contributed by atoms with Crippen LogP contribution in [0.3, 0.4) is 0 Å². The van der Waals surface area contributed by atoms with Crippen LogP contribution in [-0.4, -0.2) is 7.05 Å². The Bertz CT molecular complexity index is 66.5. The van der Waals surface area contributed by atoms with Gasteiger partial charge in [0.1, 0.15) is 6.20 Å². The van der Waals surface area contributed by atoms with Gasteiger partial charge in [-0.1, -0.05) is 6.58 Å². The summed E-state index contributed by atoms with van der Waals surface area (Å²) in [5, 5.41) is 4.74. The van der Waals surface area contributed by atoms with Crippen molar-refractivity contribution in [3.05, 3.63) is 25.2 Å². The van der Waals surface area contributed by atoms with Crippen molar-refractivity contribution in [3.63, 3.8) is 0 Å². The van der Waals surface area contributed by atoms with Crippen molar-refractivity contribution in [2.45, 2.75) is 0 Å². The summed E-state index contributed by atoms with van der Waals surface area (Å²) >= 11 is 0. The van der Waals surface area contributed by atoms with Gasteiger partial charge in [0.15, 0.2) is 0 Å². The minimum absolute atomic E-state index is 1.62. The Hall–Kier alpha value is -0.760. The van der Waals surface area contributed by atoms with Crippen LogP contribution in [0.2, 0.25) is 0 Å². The van der Waals surface area contributed by atoms with Gasteiger partial charge in [-0.05, 0) is 6.20 Å². The van der Waals surface area contributed by atoms with Gasteiger partial charge in [0.25, 0.3) is 0 Å². The molecule has 0 unspecified atom stereocenters. The van der Waals surface area contributed by atoms with Gasteiger partial charge in [-0.25, -0.2) is 0 Å². The van der Waals surface area contributed by atoms with Crippen molar-refractivity contribution in [3.8, 4) is 0 Å². The molecule has 0 radical (unpaired) electrons. The zero-order valence-electron chi connectivity index (χ0n) is 4.52. The third-order valence-electron chi connectivity index (χ3n) is 0.503. The van der Waals surface area contributed by atoms with Gasteiger partial charge < -0.3 is 10.6 Å². The summed E-state index contributed by atoms with van der Waals surface area (Å²) in [7, 11) is 1.96. The predicted molar refractivity (Wildman–Crippen MR) is 30.3 cm³/mol. The van der Waals surface area contributed by atoms with Crippen molar-refractivity contribution in [2.24, 2.45) is 0 Å². The highest BCUT2D eigenvalue weighted by molar-refractivity contribution is 4.75. The molecule has 0 aliphatic heterocycles. The van der Waals surface area contributed by atoms with Crippen molar-refractivity contribution in [1.29, 1.82) is 0 Å². The molecule has 40 valence electrons. The maximum absolute atomic E-state index is 3.46. The summed E-state index contributed by atoms with van der Waals surface area (Å²) in [6.45, 7) is 3.46. The van der Waals surface area contributed by atoms with E-state index < -0.39 is 0 Å². The van der Waals surface area contributed by atoms with Crippen molar-refractivity contribution >= 4 is 0 Å². The largest absolute Gasteiger partial charge is 0.364 e. The average Bonchev–Trinajstić information content (AvgIpc) is 1.69. The fourth-order valence-corrected chi connectivity index (χ4v) is 0.220. The molecule has 2 heteroatoms. The van der Waals surface area contributed by atoms with E-state index in [9.17, 15) is 0 Å². The molecule has 0 rings (SSSR count). The van der Waals surface area contributed by atoms with Crippen LogP contribution < -0.4 is 10.6 Å². The van der Waals surface area contributed by atoms with Crippen LogP contribution in [0.15, 0.2) is 25.2 Å². The van der Waals surface area contributed by atoms with Crippen molar-refractivity contribution in [2.75, 3.05) is 7.05 Å². The Labute approximate surface area is 43.9 Å². The minimum Gasteiger partial charge on any atom is -0.364 e. The Morgan fingerprint density at radius 3 is 2.86 bits per heavy atom. The molecule has 0 spiro atoms. The molecule has 0 fully saturated rings. The van der Waals surface area contributed by atoms with Gasteiger partial charge in [0, 0.05) is 0 Å². The highest BCUT2D eigenvalue weighted by Gasteiger charge is 1.60. The van der Waals surface area contributed by atoms with Crippen LogP contribution in [0.25, 0.3) is 0 Å². The van der Waals surface area contributed by atoms with E-state index in [0.29, 0.717) is 0 Å². The zero-order chi connectivity index (χ0) is 5.54. The van der Waals surface area contributed by atoms with Gasteiger partial charge in [-0.3, -0.25) is 0 Å². The second kappa shape index (κ2) is 5.24. The Morgan fingerprint density at radius 2 is 2.43 bits per heavy atom. The number of hydrogen-bond donors (Lipinski definition) is 2. The van der Waals surface area contributed by atoms with Gasteiger partial charge in [-0.2, -0.15) is 0 Å². The quantitative estimate of drug-likeness (QED) is 0.485. The molecule has 0 aromatic carbocycles. The lowest BCUT2D eigenvalue weighted by molar-refractivity contribution is -0.556. The fraction of sp³-hybridized carbons (Fsp3) is 0.200. The normalized spacial score (nSPS) is 9.29. The van der Waals surface area contributed by atoms with Crippen LogP contribution >= 0.6 is 0 Å². The van der Waals surface area contributed by atoms with E-state index in [-0.39, 0.29) is 0 Å². The summed E-state index contributed by atoms with van der Waals surface area (Å²) in [4.78, 5) is 0. The zero-order valence-corrected chi connectivity index (χ0v) is 4.52. The molecular formula is C5H11N2+. The lowest BCUT2D eigenvalue weighted by Crippen LogP contribution is -2.72. The Kier molecular flexibility index (Phi) is 4.67. The molecule has 3 N–H and O–H groups in total. The summed E-state index contributed by atoms with van der Waals surface area (Å²) in [5.74, 6) is 0. The molecule has 0 aromatic heterocycles. The van der Waals surface area contributed by atoms with Crippen LogP contribution in [0.4, 0.5) is 0 Å². The van der Waals surface area contributed by atoms with Gasteiger partial charge in [-0.15, -0.1) is 0 Å². The maximum atomic E-state index is 3.46. The SMILES string of the molecule is C=CN/C=C\[NH2+]C. The highest BCUT2D eigenvalue weighted by atomic mass is 14.8. The molecule has 0 atom stereocenters. The molecular weight excluding hydrogens is 88.1 g/mol. The van der Waals surface area contributed by atoms with E-state index in [2.05, 4.69) is 11.9 Å². The lowest BCUT2D eigenvalue weighted by atomic mass is 10.8. The second-order valence-electron chi connectivity index (χ2n) is 1.06. The Morgan fingerprint density at radius 1 is 1.71 bits per heavy atom. The van der Waals surface area contributed by atoms with Crippen LogP contribution in [0, 0.1) is 0 Å². The minimum atomic E-state index is 1.62. The van der Waals surface area contributed by atoms with E-state index in [1.54, 1.807) is 6.20 Å². The number of hydrogen-bond acceptors (Lipinski definition) is 1. The summed E-state index contributed by atoms with van der Waals surface area (Å²) in [5.41, 5.74) is 0. The number of rotatable bonds is 3. The first kappa shape index (κ1) is 6.24. The van der Waals surface area contributed by atoms with Crippen LogP contribution in [-0.2, 0) is 0 Å². The number of nitrogens with one attached hydrogen (secondary N) is 1. The smallest absolute Gasteiger partial charge is 0.109 e. The van der Waals surface area contributed by atoms with Crippen molar-refractivity contribution < 1.29 is 5.32 Å². The molecule has 0 saturated carbocycles. The van der Waals surface area contributed by atoms with E-state index >= 15 is 0 Å². The molecule has 2 nitrogen and oxygen atoms in total. The number of quaternary nitrogens is 1. The molecule has 0 aliphatic carbocycles. The molecule has 0 heterocycles. The monoisotopic (exact) mass is 99.1 g/mol. The van der Waals surface area contributed by atoms with Gasteiger partial charge >= 0.3 is 0 Å². The van der Waals surface area contributed by atoms with Gasteiger partial charge in [0.2, 0.25) is 0 Å². The molecule has 0 aliphatic rings. The van der Waals surface area contributed by atoms with E-state index in [4.69, 9.17) is 0 Å². The second-order valence-corrected chi connectivity index (χ2v) is 1.06. The third-order valence-corrected chi connectivity index (χ3v) is 0.503. The van der Waals surface area contributed by atoms with E-state index in [0.717, 1.165) is 0 Å². The molecule has 7 heavy (non-hydrogen) atoms. The number of nitrogens with two attached hydrogens (primary N) is 1. The molecule has 0 saturated heterocycles. The van der Waals surface area contributed by atoms with E-state index in [1.807, 2.05) is 24.8 Å². The van der Waals surface area contributed by atoms with E-state index in [1.165, 1.54) is 0 Å². The van der Waals surface area contributed by atoms with Crippen molar-refractivity contribution in [1.82, 2.24) is 5.32 Å². The summed E-state index contributed by atoms with van der Waals surface area (Å²) in [6, 6.07) is 0. The summed E-state index contributed by atoms with van der Waals surface area (Å²) < 4.78 is 0. The molecule has 0 bridgehead atoms. The van der Waals surface area contributed by atoms with Crippen LogP contribution in [0.1, 0.15) is 0 Å². The molecule has 0 amide bonds. The van der Waals surface area contributed by atoms with Gasteiger partial charge in [0.05, 0.1) is 13.2 Å². The summed E-state index contributed by atoms with van der Waals surface area (Å²) in [6.07, 6.45) is 5.34. The average molecular weight is 99.2 g/mol. The van der Waals surface area contributed by atoms with Crippen LogP contribution in [0.5, 0.6) is 0 Å². The standard InChI is InChI=1S/C5H10N2/c1-3-7-5-4-6-2/h3-7H,1H2,2H3/p+1/b5-4-. The first-order chi connectivity index (χ1) is 3.41. The molecule has 0 aromatic rings. The fourth-order valence-electron chi connectivity index (χ4n) is 0.220. The topological polar surface area (TPSA) is 28.6 Å². The maximum Gasteiger partial charge on any atom is 0.109 e.